The maximum atomic E-state index is 9.66. The van der Waals surface area contributed by atoms with E-state index in [1.165, 1.54) is 31.3 Å². The Labute approximate surface area is 81.9 Å². The van der Waals surface area contributed by atoms with Crippen molar-refractivity contribution in [2.75, 3.05) is 0 Å². The minimum atomic E-state index is -0.0666. The Morgan fingerprint density at radius 3 is 2.77 bits per heavy atom. The van der Waals surface area contributed by atoms with Crippen LogP contribution in [0.25, 0.3) is 0 Å². The molecule has 0 aromatic rings. The summed E-state index contributed by atoms with van der Waals surface area (Å²) >= 11 is 0. The van der Waals surface area contributed by atoms with Crippen molar-refractivity contribution >= 4 is 0 Å². The van der Waals surface area contributed by atoms with Crippen LogP contribution in [0.3, 0.4) is 0 Å². The molecule has 2 atom stereocenters. The normalized spacial score (nSPS) is 28.7. The average Bonchev–Trinajstić information content (AvgIpc) is 2.04. The van der Waals surface area contributed by atoms with Crippen LogP contribution in [-0.4, -0.2) is 11.2 Å². The summed E-state index contributed by atoms with van der Waals surface area (Å²) in [6.45, 7) is 4.42. The molecule has 0 aromatic heterocycles. The van der Waals surface area contributed by atoms with Crippen molar-refractivity contribution < 1.29 is 5.11 Å². The minimum Gasteiger partial charge on any atom is -0.393 e. The van der Waals surface area contributed by atoms with Crippen LogP contribution in [0.5, 0.6) is 0 Å². The Balaban J connectivity index is 2.50. The molecule has 0 radical (unpaired) electrons. The zero-order valence-corrected chi connectivity index (χ0v) is 8.92. The van der Waals surface area contributed by atoms with Crippen LogP contribution in [-0.2, 0) is 0 Å². The third kappa shape index (κ3) is 3.51. The van der Waals surface area contributed by atoms with Gasteiger partial charge in [-0.15, -0.1) is 0 Å². The first-order valence-corrected chi connectivity index (χ1v) is 5.63. The topological polar surface area (TPSA) is 20.2 Å². The molecule has 0 saturated carbocycles. The number of rotatable bonds is 4. The molecular weight excluding hydrogens is 160 g/mol. The maximum absolute atomic E-state index is 9.66. The zero-order valence-electron chi connectivity index (χ0n) is 8.92. The van der Waals surface area contributed by atoms with E-state index in [4.69, 9.17) is 0 Å². The highest BCUT2D eigenvalue weighted by molar-refractivity contribution is 5.10. The van der Waals surface area contributed by atoms with Gasteiger partial charge in [-0.3, -0.25) is 0 Å². The fourth-order valence-corrected chi connectivity index (χ4v) is 2.28. The van der Waals surface area contributed by atoms with Gasteiger partial charge >= 0.3 is 0 Å². The molecule has 76 valence electrons. The first-order valence-electron chi connectivity index (χ1n) is 5.63. The van der Waals surface area contributed by atoms with Crippen molar-refractivity contribution in [3.8, 4) is 0 Å². The lowest BCUT2D eigenvalue weighted by Gasteiger charge is -2.25. The molecule has 13 heavy (non-hydrogen) atoms. The molecule has 0 spiro atoms. The van der Waals surface area contributed by atoms with Gasteiger partial charge in [0.1, 0.15) is 0 Å². The van der Waals surface area contributed by atoms with Crippen LogP contribution >= 0.6 is 0 Å². The van der Waals surface area contributed by atoms with Gasteiger partial charge in [0.05, 0.1) is 6.10 Å². The second-order valence-electron chi connectivity index (χ2n) is 4.22. The first-order chi connectivity index (χ1) is 6.26. The standard InChI is InChI=1S/C12H22O/c1-3-5-10-7-11(6-4-2)9-12(13)8-10/h7,10,12-13H,3-6,8-9H2,1-2H3. The summed E-state index contributed by atoms with van der Waals surface area (Å²) < 4.78 is 0. The van der Waals surface area contributed by atoms with Crippen molar-refractivity contribution in [1.82, 2.24) is 0 Å². The second kappa shape index (κ2) is 5.43. The molecule has 0 heterocycles. The molecule has 1 heteroatoms. The molecule has 0 aliphatic heterocycles. The monoisotopic (exact) mass is 182 g/mol. The Kier molecular flexibility index (Phi) is 4.51. The largest absolute Gasteiger partial charge is 0.393 e. The molecule has 1 rings (SSSR count). The van der Waals surface area contributed by atoms with E-state index in [9.17, 15) is 5.11 Å². The van der Waals surface area contributed by atoms with E-state index >= 15 is 0 Å². The van der Waals surface area contributed by atoms with Crippen LogP contribution in [0.4, 0.5) is 0 Å². The minimum absolute atomic E-state index is 0.0666. The summed E-state index contributed by atoms with van der Waals surface area (Å²) in [6, 6.07) is 0. The fraction of sp³-hybridized carbons (Fsp3) is 0.833. The smallest absolute Gasteiger partial charge is 0.0582 e. The molecule has 0 saturated heterocycles. The number of allylic oxidation sites excluding steroid dienone is 1. The van der Waals surface area contributed by atoms with Gasteiger partial charge in [0.25, 0.3) is 0 Å². The molecule has 0 aromatic carbocycles. The lowest BCUT2D eigenvalue weighted by Crippen LogP contribution is -2.18. The predicted octanol–water partition coefficient (Wildman–Crippen LogP) is 3.28. The summed E-state index contributed by atoms with van der Waals surface area (Å²) in [5, 5.41) is 9.66. The first kappa shape index (κ1) is 10.8. The molecule has 1 aliphatic rings. The second-order valence-corrected chi connectivity index (χ2v) is 4.22. The molecular formula is C12H22O. The van der Waals surface area contributed by atoms with Gasteiger partial charge in [0.2, 0.25) is 0 Å². The van der Waals surface area contributed by atoms with E-state index in [1.54, 1.807) is 0 Å². The predicted molar refractivity (Wildman–Crippen MR) is 56.6 cm³/mol. The Morgan fingerprint density at radius 1 is 1.38 bits per heavy atom. The van der Waals surface area contributed by atoms with E-state index in [2.05, 4.69) is 19.9 Å². The molecule has 1 N–H and O–H groups in total. The molecule has 1 aliphatic carbocycles. The van der Waals surface area contributed by atoms with E-state index < -0.39 is 0 Å². The molecule has 1 nitrogen and oxygen atoms in total. The summed E-state index contributed by atoms with van der Waals surface area (Å²) in [7, 11) is 0. The quantitative estimate of drug-likeness (QED) is 0.661. The zero-order chi connectivity index (χ0) is 9.68. The maximum Gasteiger partial charge on any atom is 0.0582 e. The Morgan fingerprint density at radius 2 is 2.15 bits per heavy atom. The van der Waals surface area contributed by atoms with Crippen LogP contribution < -0.4 is 0 Å². The van der Waals surface area contributed by atoms with Gasteiger partial charge in [-0.05, 0) is 31.6 Å². The number of aliphatic hydroxyl groups is 1. The van der Waals surface area contributed by atoms with Gasteiger partial charge in [-0.2, -0.15) is 0 Å². The third-order valence-electron chi connectivity index (χ3n) is 2.77. The molecule has 0 bridgehead atoms. The van der Waals surface area contributed by atoms with Crippen molar-refractivity contribution in [1.29, 1.82) is 0 Å². The van der Waals surface area contributed by atoms with Crippen LogP contribution in [0.2, 0.25) is 0 Å². The molecule has 2 unspecified atom stereocenters. The van der Waals surface area contributed by atoms with E-state index in [1.807, 2.05) is 0 Å². The van der Waals surface area contributed by atoms with Crippen LogP contribution in [0.1, 0.15) is 52.4 Å². The van der Waals surface area contributed by atoms with Crippen LogP contribution in [0.15, 0.2) is 11.6 Å². The summed E-state index contributed by atoms with van der Waals surface area (Å²) in [6.07, 6.45) is 9.12. The van der Waals surface area contributed by atoms with Crippen LogP contribution in [0, 0.1) is 5.92 Å². The highest BCUT2D eigenvalue weighted by atomic mass is 16.3. The number of hydrogen-bond donors (Lipinski definition) is 1. The third-order valence-corrected chi connectivity index (χ3v) is 2.77. The van der Waals surface area contributed by atoms with Crippen molar-refractivity contribution in [2.45, 2.75) is 58.5 Å². The van der Waals surface area contributed by atoms with Crippen molar-refractivity contribution in [2.24, 2.45) is 5.92 Å². The lowest BCUT2D eigenvalue weighted by atomic mass is 9.84. The summed E-state index contributed by atoms with van der Waals surface area (Å²) in [4.78, 5) is 0. The Bertz CT molecular complexity index is 172. The number of hydrogen-bond acceptors (Lipinski definition) is 1. The highest BCUT2D eigenvalue weighted by Gasteiger charge is 2.19. The van der Waals surface area contributed by atoms with Gasteiger partial charge in [-0.1, -0.05) is 38.3 Å². The summed E-state index contributed by atoms with van der Waals surface area (Å²) in [5.41, 5.74) is 1.49. The molecule has 0 fully saturated rings. The fourth-order valence-electron chi connectivity index (χ4n) is 2.28. The SMILES string of the molecule is CCCC1=CC(CCC)CC(O)C1. The molecule has 0 amide bonds. The highest BCUT2D eigenvalue weighted by Crippen LogP contribution is 2.28. The van der Waals surface area contributed by atoms with E-state index in [0.717, 1.165) is 12.8 Å². The Hall–Kier alpha value is -0.300. The van der Waals surface area contributed by atoms with E-state index in [-0.39, 0.29) is 6.10 Å². The lowest BCUT2D eigenvalue weighted by molar-refractivity contribution is 0.139. The summed E-state index contributed by atoms with van der Waals surface area (Å²) in [5.74, 6) is 0.648. The number of aliphatic hydroxyl groups excluding tert-OH is 1. The van der Waals surface area contributed by atoms with E-state index in [0.29, 0.717) is 5.92 Å². The van der Waals surface area contributed by atoms with Gasteiger partial charge in [0, 0.05) is 0 Å². The average molecular weight is 182 g/mol. The van der Waals surface area contributed by atoms with Gasteiger partial charge < -0.3 is 5.11 Å². The van der Waals surface area contributed by atoms with Gasteiger partial charge in [-0.25, -0.2) is 0 Å². The van der Waals surface area contributed by atoms with Crippen molar-refractivity contribution in [3.63, 3.8) is 0 Å². The van der Waals surface area contributed by atoms with Crippen molar-refractivity contribution in [3.05, 3.63) is 11.6 Å². The van der Waals surface area contributed by atoms with Gasteiger partial charge in [0.15, 0.2) is 0 Å².